The lowest BCUT2D eigenvalue weighted by Crippen LogP contribution is -1.82. The van der Waals surface area contributed by atoms with Gasteiger partial charge in [0.2, 0.25) is 0 Å². The minimum Gasteiger partial charge on any atom is -0.507 e. The second-order valence-corrected chi connectivity index (χ2v) is 5.31. The highest BCUT2D eigenvalue weighted by Crippen LogP contribution is 2.25. The van der Waals surface area contributed by atoms with Crippen molar-refractivity contribution in [3.8, 4) is 5.75 Å². The maximum Gasteiger partial charge on any atom is 0.130 e. The molecule has 4 nitrogen and oxygen atoms in total. The van der Waals surface area contributed by atoms with E-state index in [0.717, 1.165) is 32.9 Å². The van der Waals surface area contributed by atoms with Crippen LogP contribution in [-0.4, -0.2) is 20.1 Å². The first-order valence-electron chi connectivity index (χ1n) is 5.48. The van der Waals surface area contributed by atoms with Crippen molar-refractivity contribution in [3.63, 3.8) is 0 Å². The van der Waals surface area contributed by atoms with Gasteiger partial charge in [-0.25, -0.2) is 0 Å². The van der Waals surface area contributed by atoms with E-state index in [4.69, 9.17) is 0 Å². The van der Waals surface area contributed by atoms with Gasteiger partial charge in [0, 0.05) is 16.3 Å². The number of hydrogen-bond acceptors (Lipinski definition) is 5. The molecule has 1 aromatic heterocycles. The molecule has 0 spiro atoms. The molecule has 0 unspecified atom stereocenters. The van der Waals surface area contributed by atoms with Crippen molar-refractivity contribution in [1.82, 2.24) is 8.75 Å². The van der Waals surface area contributed by atoms with Crippen LogP contribution in [0.5, 0.6) is 5.75 Å². The topological polar surface area (TPSA) is 58.4 Å². The van der Waals surface area contributed by atoms with Gasteiger partial charge in [0.05, 0.1) is 17.4 Å². The Morgan fingerprint density at radius 3 is 3.00 bits per heavy atom. The van der Waals surface area contributed by atoms with Gasteiger partial charge in [-0.15, -0.1) is 0 Å². The number of halogens is 1. The minimum atomic E-state index is 0.190. The Hall–Kier alpha value is -1.79. The summed E-state index contributed by atoms with van der Waals surface area (Å²) >= 11 is 4.53. The van der Waals surface area contributed by atoms with E-state index in [-0.39, 0.29) is 5.75 Å². The third-order valence-corrected chi connectivity index (χ3v) is 3.63. The molecule has 0 bridgehead atoms. The molecule has 1 heterocycles. The van der Waals surface area contributed by atoms with E-state index in [1.807, 2.05) is 18.2 Å². The second kappa shape index (κ2) is 5.07. The molecule has 0 amide bonds. The van der Waals surface area contributed by atoms with Crippen LogP contribution in [0.1, 0.15) is 5.56 Å². The molecule has 94 valence electrons. The van der Waals surface area contributed by atoms with Crippen LogP contribution in [0.2, 0.25) is 0 Å². The van der Waals surface area contributed by atoms with Crippen LogP contribution in [0.25, 0.3) is 11.0 Å². The molecule has 3 aromatic rings. The standard InChI is InChI=1S/C13H8BrN3OS/c14-9-4-5-12(18)8(6-9)7-15-10-2-1-3-11-13(10)17-19-16-11/h1-7,18H. The van der Waals surface area contributed by atoms with Gasteiger partial charge in [-0.05, 0) is 30.3 Å². The van der Waals surface area contributed by atoms with Crippen molar-refractivity contribution in [2.24, 2.45) is 4.99 Å². The summed E-state index contributed by atoms with van der Waals surface area (Å²) in [5.41, 5.74) is 3.00. The summed E-state index contributed by atoms with van der Waals surface area (Å²) in [6, 6.07) is 10.9. The Balaban J connectivity index is 2.02. The Bertz CT molecular complexity index is 769. The van der Waals surface area contributed by atoms with Gasteiger partial charge in [0.25, 0.3) is 0 Å². The average Bonchev–Trinajstić information content (AvgIpc) is 2.88. The molecule has 2 aromatic carbocycles. The quantitative estimate of drug-likeness (QED) is 0.723. The predicted molar refractivity (Wildman–Crippen MR) is 80.5 cm³/mol. The first kappa shape index (κ1) is 12.3. The molecule has 0 atom stereocenters. The van der Waals surface area contributed by atoms with Gasteiger partial charge in [-0.1, -0.05) is 22.0 Å². The number of hydrogen-bond donors (Lipinski definition) is 1. The molecule has 3 rings (SSSR count). The number of phenols is 1. The first-order chi connectivity index (χ1) is 9.24. The lowest BCUT2D eigenvalue weighted by molar-refractivity contribution is 0.474. The number of phenolic OH excluding ortho intramolecular Hbond substituents is 1. The summed E-state index contributed by atoms with van der Waals surface area (Å²) in [4.78, 5) is 4.38. The van der Waals surface area contributed by atoms with Crippen molar-refractivity contribution < 1.29 is 5.11 Å². The number of rotatable bonds is 2. The van der Waals surface area contributed by atoms with Crippen LogP contribution in [0.15, 0.2) is 45.9 Å². The molecule has 0 aliphatic rings. The summed E-state index contributed by atoms with van der Waals surface area (Å²) in [5.74, 6) is 0.190. The fourth-order valence-corrected chi connectivity index (χ4v) is 2.59. The highest BCUT2D eigenvalue weighted by Gasteiger charge is 2.03. The molecular weight excluding hydrogens is 326 g/mol. The Labute approximate surface area is 121 Å². The number of aromatic hydroxyl groups is 1. The lowest BCUT2D eigenvalue weighted by Gasteiger charge is -1.99. The number of benzene rings is 2. The number of aliphatic imine (C=N–C) groups is 1. The molecular formula is C13H8BrN3OS. The maximum atomic E-state index is 9.75. The predicted octanol–water partition coefficient (Wildman–Crippen LogP) is 3.91. The molecule has 0 fully saturated rings. The highest BCUT2D eigenvalue weighted by molar-refractivity contribution is 9.10. The average molecular weight is 334 g/mol. The zero-order valence-corrected chi connectivity index (χ0v) is 12.0. The fourth-order valence-electron chi connectivity index (χ4n) is 1.66. The fraction of sp³-hybridized carbons (Fsp3) is 0. The van der Waals surface area contributed by atoms with Crippen molar-refractivity contribution in [3.05, 3.63) is 46.4 Å². The molecule has 19 heavy (non-hydrogen) atoms. The number of nitrogens with zero attached hydrogens (tertiary/aromatic N) is 3. The molecule has 0 aliphatic carbocycles. The van der Waals surface area contributed by atoms with E-state index >= 15 is 0 Å². The molecule has 0 aliphatic heterocycles. The van der Waals surface area contributed by atoms with Gasteiger partial charge in [0.1, 0.15) is 16.8 Å². The summed E-state index contributed by atoms with van der Waals surface area (Å²) in [6.07, 6.45) is 1.62. The summed E-state index contributed by atoms with van der Waals surface area (Å²) < 4.78 is 9.27. The van der Waals surface area contributed by atoms with E-state index < -0.39 is 0 Å². The molecule has 0 saturated heterocycles. The molecule has 6 heteroatoms. The van der Waals surface area contributed by atoms with E-state index in [1.165, 1.54) is 0 Å². The van der Waals surface area contributed by atoms with E-state index in [9.17, 15) is 5.11 Å². The van der Waals surface area contributed by atoms with Crippen LogP contribution in [0.3, 0.4) is 0 Å². The van der Waals surface area contributed by atoms with Crippen molar-refractivity contribution in [2.75, 3.05) is 0 Å². The SMILES string of the molecule is Oc1ccc(Br)cc1C=Nc1cccc2nsnc12. The van der Waals surface area contributed by atoms with Gasteiger partial charge in [-0.2, -0.15) is 8.75 Å². The third kappa shape index (κ3) is 2.50. The number of fused-ring (bicyclic) bond motifs is 1. The van der Waals surface area contributed by atoms with Crippen molar-refractivity contribution in [1.29, 1.82) is 0 Å². The summed E-state index contributed by atoms with van der Waals surface area (Å²) in [6.45, 7) is 0. The van der Waals surface area contributed by atoms with Crippen LogP contribution < -0.4 is 0 Å². The molecule has 0 saturated carbocycles. The van der Waals surface area contributed by atoms with Crippen LogP contribution in [0.4, 0.5) is 5.69 Å². The van der Waals surface area contributed by atoms with Crippen molar-refractivity contribution in [2.45, 2.75) is 0 Å². The Kier molecular flexibility index (Phi) is 3.27. The zero-order valence-electron chi connectivity index (χ0n) is 9.62. The summed E-state index contributed by atoms with van der Waals surface area (Å²) in [5, 5.41) is 9.75. The van der Waals surface area contributed by atoms with Gasteiger partial charge in [0.15, 0.2) is 0 Å². The largest absolute Gasteiger partial charge is 0.507 e. The Morgan fingerprint density at radius 1 is 1.21 bits per heavy atom. The van der Waals surface area contributed by atoms with Crippen LogP contribution >= 0.6 is 27.7 Å². The molecule has 0 radical (unpaired) electrons. The van der Waals surface area contributed by atoms with Crippen LogP contribution in [0, 0.1) is 0 Å². The second-order valence-electron chi connectivity index (χ2n) is 3.87. The van der Waals surface area contributed by atoms with Gasteiger partial charge in [-0.3, -0.25) is 4.99 Å². The Morgan fingerprint density at radius 2 is 2.11 bits per heavy atom. The highest BCUT2D eigenvalue weighted by atomic mass is 79.9. The van der Waals surface area contributed by atoms with E-state index in [1.54, 1.807) is 24.4 Å². The minimum absolute atomic E-state index is 0.190. The summed E-state index contributed by atoms with van der Waals surface area (Å²) in [7, 11) is 0. The first-order valence-corrected chi connectivity index (χ1v) is 7.00. The molecule has 1 N–H and O–H groups in total. The van der Waals surface area contributed by atoms with E-state index in [0.29, 0.717) is 5.56 Å². The smallest absolute Gasteiger partial charge is 0.130 e. The van der Waals surface area contributed by atoms with E-state index in [2.05, 4.69) is 29.7 Å². The third-order valence-electron chi connectivity index (χ3n) is 2.60. The van der Waals surface area contributed by atoms with Crippen molar-refractivity contribution >= 4 is 50.6 Å². The maximum absolute atomic E-state index is 9.75. The van der Waals surface area contributed by atoms with Crippen LogP contribution in [-0.2, 0) is 0 Å². The van der Waals surface area contributed by atoms with Gasteiger partial charge < -0.3 is 5.11 Å². The normalized spacial score (nSPS) is 11.4. The van der Waals surface area contributed by atoms with Gasteiger partial charge >= 0.3 is 0 Å². The lowest BCUT2D eigenvalue weighted by atomic mass is 10.2. The number of aromatic nitrogens is 2. The monoisotopic (exact) mass is 333 g/mol. The zero-order chi connectivity index (χ0) is 13.2.